The van der Waals surface area contributed by atoms with Crippen LogP contribution in [0.1, 0.15) is 48.4 Å². The summed E-state index contributed by atoms with van der Waals surface area (Å²) in [5.41, 5.74) is 5.15. The van der Waals surface area contributed by atoms with Gasteiger partial charge in [-0.05, 0) is 59.7 Å². The van der Waals surface area contributed by atoms with Crippen molar-refractivity contribution in [3.63, 3.8) is 0 Å². The van der Waals surface area contributed by atoms with E-state index in [-0.39, 0.29) is 16.6 Å². The summed E-state index contributed by atoms with van der Waals surface area (Å²) in [6.45, 7) is 8.56. The van der Waals surface area contributed by atoms with Crippen LogP contribution in [-0.2, 0) is 16.0 Å². The second-order valence-electron chi connectivity index (χ2n) is 9.03. The van der Waals surface area contributed by atoms with E-state index in [1.165, 1.54) is 5.56 Å². The van der Waals surface area contributed by atoms with Crippen molar-refractivity contribution < 1.29 is 4.79 Å². The molecule has 0 bridgehead atoms. The zero-order valence-corrected chi connectivity index (χ0v) is 23.6. The van der Waals surface area contributed by atoms with Gasteiger partial charge in [-0.3, -0.25) is 4.79 Å². The Hall–Kier alpha value is -1.60. The fourth-order valence-corrected chi connectivity index (χ4v) is 6.01. The molecule has 1 atom stereocenters. The van der Waals surface area contributed by atoms with Gasteiger partial charge in [0, 0.05) is 21.4 Å². The number of anilines is 1. The number of halogens is 1. The van der Waals surface area contributed by atoms with Gasteiger partial charge in [0.2, 0.25) is 5.91 Å². The molecule has 0 radical (unpaired) electrons. The molecule has 3 rings (SSSR count). The quantitative estimate of drug-likeness (QED) is 0.296. The highest BCUT2D eigenvalue weighted by atomic mass is 35.5. The minimum absolute atomic E-state index is 0.0428. The summed E-state index contributed by atoms with van der Waals surface area (Å²) in [5, 5.41) is 4.39. The topological polar surface area (TPSA) is 42.0 Å². The standard InChI is InChI=1S/C27H31ClN2OS3/c1-17-15-22(32-5)23(26(29-17)33-6)30-25(31)24(34-16-18-7-13-21(28)14-8-18)19-9-11-20(12-10-19)27(2,3)4/h7-15,24H,16H2,1-6H3,(H,30,31). The fraction of sp³-hybridized carbons (Fsp3) is 0.333. The molecule has 1 N–H and O–H groups in total. The van der Waals surface area contributed by atoms with Crippen LogP contribution in [0.4, 0.5) is 5.69 Å². The van der Waals surface area contributed by atoms with Crippen LogP contribution in [0.5, 0.6) is 0 Å². The smallest absolute Gasteiger partial charge is 0.242 e. The van der Waals surface area contributed by atoms with Crippen LogP contribution in [0, 0.1) is 6.92 Å². The third-order valence-electron chi connectivity index (χ3n) is 5.39. The number of aryl methyl sites for hydroxylation is 1. The van der Waals surface area contributed by atoms with Crippen LogP contribution in [0.3, 0.4) is 0 Å². The first-order valence-electron chi connectivity index (χ1n) is 11.0. The molecule has 0 aliphatic carbocycles. The minimum Gasteiger partial charge on any atom is -0.322 e. The van der Waals surface area contributed by atoms with E-state index in [0.717, 1.165) is 32.4 Å². The Bertz CT molecular complexity index is 1100. The summed E-state index contributed by atoms with van der Waals surface area (Å²) < 4.78 is 0. The summed E-state index contributed by atoms with van der Waals surface area (Å²) >= 11 is 10.8. The van der Waals surface area contributed by atoms with Gasteiger partial charge in [0.1, 0.15) is 10.3 Å². The fourth-order valence-electron chi connectivity index (χ4n) is 3.47. The number of rotatable bonds is 8. The molecule has 34 heavy (non-hydrogen) atoms. The number of aromatic nitrogens is 1. The van der Waals surface area contributed by atoms with E-state index in [9.17, 15) is 4.79 Å². The number of carbonyl (C=O) groups is 1. The molecule has 0 saturated heterocycles. The van der Waals surface area contributed by atoms with E-state index < -0.39 is 0 Å². The normalized spacial score (nSPS) is 12.4. The highest BCUT2D eigenvalue weighted by molar-refractivity contribution is 8.00. The van der Waals surface area contributed by atoms with Gasteiger partial charge in [-0.2, -0.15) is 0 Å². The molecule has 0 saturated carbocycles. The summed E-state index contributed by atoms with van der Waals surface area (Å²) in [5.74, 6) is 0.659. The number of pyridine rings is 1. The first-order chi connectivity index (χ1) is 16.1. The van der Waals surface area contributed by atoms with Crippen molar-refractivity contribution in [1.29, 1.82) is 0 Å². The van der Waals surface area contributed by atoms with Gasteiger partial charge in [0.25, 0.3) is 0 Å². The molecule has 1 amide bonds. The molecule has 1 aromatic heterocycles. The zero-order valence-electron chi connectivity index (χ0n) is 20.4. The molecule has 0 aliphatic heterocycles. The van der Waals surface area contributed by atoms with Gasteiger partial charge in [0.05, 0.1) is 5.69 Å². The second kappa shape index (κ2) is 11.9. The van der Waals surface area contributed by atoms with E-state index in [2.05, 4.69) is 55.3 Å². The summed E-state index contributed by atoms with van der Waals surface area (Å²) in [4.78, 5) is 19.4. The SMILES string of the molecule is CSc1cc(C)nc(SC)c1NC(=O)C(SCc1ccc(Cl)cc1)c1ccc(C(C)(C)C)cc1. The summed E-state index contributed by atoms with van der Waals surface area (Å²) in [6.07, 6.45) is 4.01. The summed E-state index contributed by atoms with van der Waals surface area (Å²) in [6, 6.07) is 18.2. The first-order valence-corrected chi connectivity index (χ1v) is 14.9. The van der Waals surface area contributed by atoms with Crippen LogP contribution in [-0.4, -0.2) is 23.4 Å². The third kappa shape index (κ3) is 6.97. The molecule has 7 heteroatoms. The maximum absolute atomic E-state index is 13.7. The van der Waals surface area contributed by atoms with Gasteiger partial charge in [0.15, 0.2) is 0 Å². The Morgan fingerprint density at radius 3 is 2.24 bits per heavy atom. The maximum atomic E-state index is 13.7. The lowest BCUT2D eigenvalue weighted by atomic mass is 9.86. The van der Waals surface area contributed by atoms with E-state index in [4.69, 9.17) is 11.6 Å². The molecule has 2 aromatic carbocycles. The van der Waals surface area contributed by atoms with Crippen LogP contribution in [0.2, 0.25) is 5.02 Å². The third-order valence-corrected chi connectivity index (χ3v) is 8.40. The molecular weight excluding hydrogens is 500 g/mol. The van der Waals surface area contributed by atoms with Crippen molar-refractivity contribution in [2.75, 3.05) is 17.8 Å². The van der Waals surface area contributed by atoms with Crippen molar-refractivity contribution in [2.45, 2.75) is 54.0 Å². The molecule has 180 valence electrons. The van der Waals surface area contributed by atoms with Gasteiger partial charge in [-0.15, -0.1) is 35.3 Å². The lowest BCUT2D eigenvalue weighted by Gasteiger charge is -2.22. The van der Waals surface area contributed by atoms with E-state index in [0.29, 0.717) is 10.8 Å². The van der Waals surface area contributed by atoms with Crippen molar-refractivity contribution in [3.8, 4) is 0 Å². The predicted molar refractivity (Wildman–Crippen MR) is 152 cm³/mol. The Morgan fingerprint density at radius 2 is 1.68 bits per heavy atom. The molecule has 0 fully saturated rings. The minimum atomic E-state index is -0.365. The van der Waals surface area contributed by atoms with Gasteiger partial charge < -0.3 is 5.32 Å². The molecule has 0 aliphatic rings. The number of carbonyl (C=O) groups excluding carboxylic acids is 1. The summed E-state index contributed by atoms with van der Waals surface area (Å²) in [7, 11) is 0. The second-order valence-corrected chi connectivity index (χ2v) is 12.2. The van der Waals surface area contributed by atoms with Crippen molar-refractivity contribution in [2.24, 2.45) is 0 Å². The highest BCUT2D eigenvalue weighted by Gasteiger charge is 2.25. The number of nitrogens with one attached hydrogen (secondary N) is 1. The number of hydrogen-bond acceptors (Lipinski definition) is 5. The first kappa shape index (κ1) is 27.0. The Morgan fingerprint density at radius 1 is 1.03 bits per heavy atom. The van der Waals surface area contributed by atoms with Crippen LogP contribution >= 0.6 is 46.9 Å². The van der Waals surface area contributed by atoms with E-state index in [1.54, 1.807) is 35.3 Å². The van der Waals surface area contributed by atoms with Crippen LogP contribution < -0.4 is 5.32 Å². The highest BCUT2D eigenvalue weighted by Crippen LogP contribution is 2.38. The van der Waals surface area contributed by atoms with Crippen molar-refractivity contribution in [3.05, 3.63) is 82.0 Å². The van der Waals surface area contributed by atoms with Crippen molar-refractivity contribution >= 4 is 58.5 Å². The number of thioether (sulfide) groups is 3. The monoisotopic (exact) mass is 530 g/mol. The van der Waals surface area contributed by atoms with Gasteiger partial charge in [-0.1, -0.05) is 68.8 Å². The number of nitrogens with zero attached hydrogens (tertiary/aromatic N) is 1. The van der Waals surface area contributed by atoms with Crippen molar-refractivity contribution in [1.82, 2.24) is 4.98 Å². The lowest BCUT2D eigenvalue weighted by molar-refractivity contribution is -0.115. The number of hydrogen-bond donors (Lipinski definition) is 1. The Balaban J connectivity index is 1.92. The average molecular weight is 531 g/mol. The molecule has 1 heterocycles. The maximum Gasteiger partial charge on any atom is 0.242 e. The van der Waals surface area contributed by atoms with Crippen LogP contribution in [0.25, 0.3) is 0 Å². The zero-order chi connectivity index (χ0) is 24.9. The average Bonchev–Trinajstić information content (AvgIpc) is 2.80. The Labute approximate surface area is 221 Å². The predicted octanol–water partition coefficient (Wildman–Crippen LogP) is 8.40. The van der Waals surface area contributed by atoms with E-state index >= 15 is 0 Å². The molecule has 3 nitrogen and oxygen atoms in total. The molecule has 3 aromatic rings. The van der Waals surface area contributed by atoms with E-state index in [1.807, 2.05) is 49.8 Å². The van der Waals surface area contributed by atoms with Gasteiger partial charge in [-0.25, -0.2) is 4.98 Å². The van der Waals surface area contributed by atoms with Gasteiger partial charge >= 0.3 is 0 Å². The van der Waals surface area contributed by atoms with Crippen LogP contribution in [0.15, 0.2) is 64.5 Å². The molecule has 0 spiro atoms. The number of amides is 1. The molecular formula is C27H31ClN2OS3. The lowest BCUT2D eigenvalue weighted by Crippen LogP contribution is -2.21. The largest absolute Gasteiger partial charge is 0.322 e. The Kier molecular flexibility index (Phi) is 9.44. The molecule has 1 unspecified atom stereocenters. The number of benzene rings is 2.